The van der Waals surface area contributed by atoms with Gasteiger partial charge in [-0.1, -0.05) is 18.5 Å². The first-order valence-electron chi connectivity index (χ1n) is 8.74. The van der Waals surface area contributed by atoms with E-state index in [2.05, 4.69) is 17.3 Å². The van der Waals surface area contributed by atoms with Crippen LogP contribution in [0.25, 0.3) is 0 Å². The van der Waals surface area contributed by atoms with Crippen molar-refractivity contribution in [2.45, 2.75) is 52.3 Å². The van der Waals surface area contributed by atoms with Gasteiger partial charge >= 0.3 is 0 Å². The van der Waals surface area contributed by atoms with E-state index in [4.69, 9.17) is 16.3 Å². The van der Waals surface area contributed by atoms with Crippen molar-refractivity contribution in [3.8, 4) is 5.75 Å². The summed E-state index contributed by atoms with van der Waals surface area (Å²) in [4.78, 5) is 12.3. The predicted octanol–water partition coefficient (Wildman–Crippen LogP) is 4.19. The second kappa shape index (κ2) is 7.91. The number of carbonyl (C=O) groups is 1. The molecule has 1 N–H and O–H groups in total. The van der Waals surface area contributed by atoms with Crippen LogP contribution in [0, 0.1) is 12.8 Å². The molecule has 1 amide bonds. The summed E-state index contributed by atoms with van der Waals surface area (Å²) in [5, 5.41) is 8.10. The molecule has 2 aromatic rings. The van der Waals surface area contributed by atoms with Gasteiger partial charge in [-0.05, 0) is 68.4 Å². The van der Waals surface area contributed by atoms with Crippen molar-refractivity contribution < 1.29 is 9.53 Å². The van der Waals surface area contributed by atoms with Gasteiger partial charge < -0.3 is 10.1 Å². The van der Waals surface area contributed by atoms with E-state index in [-0.39, 0.29) is 18.7 Å². The van der Waals surface area contributed by atoms with E-state index < -0.39 is 0 Å². The van der Waals surface area contributed by atoms with Crippen molar-refractivity contribution in [1.82, 2.24) is 15.1 Å². The summed E-state index contributed by atoms with van der Waals surface area (Å²) < 4.78 is 7.31. The van der Waals surface area contributed by atoms with Crippen LogP contribution in [0.5, 0.6) is 5.75 Å². The second-order valence-electron chi connectivity index (χ2n) is 6.86. The van der Waals surface area contributed by atoms with Crippen LogP contribution in [0.4, 0.5) is 0 Å². The van der Waals surface area contributed by atoms with E-state index in [1.807, 2.05) is 19.1 Å². The highest BCUT2D eigenvalue weighted by Gasteiger charge is 2.21. The monoisotopic (exact) mass is 361 g/mol. The number of hydrogen-bond donors (Lipinski definition) is 1. The summed E-state index contributed by atoms with van der Waals surface area (Å²) >= 11 is 6.01. The normalized spacial score (nSPS) is 20.3. The summed E-state index contributed by atoms with van der Waals surface area (Å²) in [7, 11) is 0. The van der Waals surface area contributed by atoms with E-state index in [0.29, 0.717) is 10.7 Å². The molecule has 1 saturated carbocycles. The molecule has 0 radical (unpaired) electrons. The average molecular weight is 362 g/mol. The van der Waals surface area contributed by atoms with Gasteiger partial charge in [0.15, 0.2) is 6.73 Å². The maximum atomic E-state index is 12.3. The van der Waals surface area contributed by atoms with Crippen LogP contribution in [0.2, 0.25) is 5.02 Å². The minimum atomic E-state index is -0.111. The predicted molar refractivity (Wildman–Crippen MR) is 97.9 cm³/mol. The first kappa shape index (κ1) is 17.8. The molecule has 1 fully saturated rings. The maximum Gasteiger partial charge on any atom is 0.271 e. The van der Waals surface area contributed by atoms with Crippen LogP contribution < -0.4 is 10.1 Å². The SMILES string of the molecule is Cc1cc(OCn2ccc(C(=O)NC3CCC(C)CC3)n2)ccc1Cl. The molecule has 1 aromatic heterocycles. The first-order chi connectivity index (χ1) is 12.0. The average Bonchev–Trinajstić information content (AvgIpc) is 3.07. The van der Waals surface area contributed by atoms with Crippen molar-refractivity contribution in [2.24, 2.45) is 5.92 Å². The Balaban J connectivity index is 1.52. The number of nitrogens with zero attached hydrogens (tertiary/aromatic N) is 2. The van der Waals surface area contributed by atoms with Gasteiger partial charge in [-0.3, -0.25) is 4.79 Å². The Labute approximate surface area is 153 Å². The van der Waals surface area contributed by atoms with Gasteiger partial charge in [0.2, 0.25) is 0 Å². The number of halogens is 1. The Bertz CT molecular complexity index is 736. The number of amides is 1. The van der Waals surface area contributed by atoms with Crippen molar-refractivity contribution >= 4 is 17.5 Å². The maximum absolute atomic E-state index is 12.3. The lowest BCUT2D eigenvalue weighted by atomic mass is 9.87. The summed E-state index contributed by atoms with van der Waals surface area (Å²) in [5.74, 6) is 1.38. The van der Waals surface area contributed by atoms with Gasteiger partial charge in [-0.25, -0.2) is 4.68 Å². The molecule has 1 aliphatic carbocycles. The third-order valence-electron chi connectivity index (χ3n) is 4.72. The fourth-order valence-corrected chi connectivity index (χ4v) is 3.18. The van der Waals surface area contributed by atoms with Gasteiger partial charge in [0, 0.05) is 17.3 Å². The lowest BCUT2D eigenvalue weighted by Gasteiger charge is -2.26. The highest BCUT2D eigenvalue weighted by molar-refractivity contribution is 6.31. The van der Waals surface area contributed by atoms with Gasteiger partial charge in [0.05, 0.1) is 0 Å². The summed E-state index contributed by atoms with van der Waals surface area (Å²) in [5.41, 5.74) is 1.39. The van der Waals surface area contributed by atoms with Crippen molar-refractivity contribution in [3.63, 3.8) is 0 Å². The zero-order valence-electron chi connectivity index (χ0n) is 14.7. The molecular weight excluding hydrogens is 338 g/mol. The number of aromatic nitrogens is 2. The Morgan fingerprint density at radius 2 is 2.08 bits per heavy atom. The number of ether oxygens (including phenoxy) is 1. The molecule has 0 atom stereocenters. The van der Waals surface area contributed by atoms with Crippen LogP contribution in [-0.2, 0) is 6.73 Å². The molecular formula is C19H24ClN3O2. The number of hydrogen-bond acceptors (Lipinski definition) is 3. The minimum absolute atomic E-state index is 0.111. The molecule has 0 saturated heterocycles. The quantitative estimate of drug-likeness (QED) is 0.868. The van der Waals surface area contributed by atoms with E-state index in [0.717, 1.165) is 30.1 Å². The number of benzene rings is 1. The smallest absolute Gasteiger partial charge is 0.271 e. The summed E-state index contributed by atoms with van der Waals surface area (Å²) in [6, 6.07) is 7.48. The number of carbonyl (C=O) groups excluding carboxylic acids is 1. The molecule has 5 nitrogen and oxygen atoms in total. The fourth-order valence-electron chi connectivity index (χ4n) is 3.07. The third-order valence-corrected chi connectivity index (χ3v) is 5.14. The molecule has 1 aliphatic rings. The highest BCUT2D eigenvalue weighted by Crippen LogP contribution is 2.23. The number of rotatable bonds is 5. The third kappa shape index (κ3) is 4.75. The molecule has 0 aliphatic heterocycles. The largest absolute Gasteiger partial charge is 0.471 e. The van der Waals surface area contributed by atoms with Gasteiger partial charge in [0.1, 0.15) is 11.4 Å². The topological polar surface area (TPSA) is 56.1 Å². The lowest BCUT2D eigenvalue weighted by Crippen LogP contribution is -2.37. The Morgan fingerprint density at radius 1 is 1.32 bits per heavy atom. The highest BCUT2D eigenvalue weighted by atomic mass is 35.5. The van der Waals surface area contributed by atoms with E-state index in [1.165, 1.54) is 12.8 Å². The first-order valence-corrected chi connectivity index (χ1v) is 9.12. The summed E-state index contributed by atoms with van der Waals surface area (Å²) in [6.45, 7) is 4.44. The van der Waals surface area contributed by atoms with E-state index in [1.54, 1.807) is 23.0 Å². The van der Waals surface area contributed by atoms with Crippen molar-refractivity contribution in [2.75, 3.05) is 0 Å². The number of nitrogens with one attached hydrogen (secondary N) is 1. The molecule has 6 heteroatoms. The molecule has 0 spiro atoms. The zero-order chi connectivity index (χ0) is 17.8. The van der Waals surface area contributed by atoms with Gasteiger partial charge in [0.25, 0.3) is 5.91 Å². The molecule has 25 heavy (non-hydrogen) atoms. The molecule has 1 aromatic carbocycles. The minimum Gasteiger partial charge on any atom is -0.471 e. The Hall–Kier alpha value is -2.01. The molecule has 0 bridgehead atoms. The van der Waals surface area contributed by atoms with Crippen LogP contribution >= 0.6 is 11.6 Å². The van der Waals surface area contributed by atoms with Crippen LogP contribution in [0.15, 0.2) is 30.5 Å². The van der Waals surface area contributed by atoms with Crippen LogP contribution in [-0.4, -0.2) is 21.7 Å². The molecule has 0 unspecified atom stereocenters. The van der Waals surface area contributed by atoms with Gasteiger partial charge in [-0.15, -0.1) is 0 Å². The van der Waals surface area contributed by atoms with E-state index >= 15 is 0 Å². The standard InChI is InChI=1S/C19H24ClN3O2/c1-13-3-5-15(6-4-13)21-19(24)18-9-10-23(22-18)12-25-16-7-8-17(20)14(2)11-16/h7-11,13,15H,3-6,12H2,1-2H3,(H,21,24). The van der Waals surface area contributed by atoms with Crippen LogP contribution in [0.3, 0.4) is 0 Å². The number of aryl methyl sites for hydroxylation is 1. The summed E-state index contributed by atoms with van der Waals surface area (Å²) in [6.07, 6.45) is 6.20. The molecule has 3 rings (SSSR count). The molecule has 1 heterocycles. The van der Waals surface area contributed by atoms with Crippen molar-refractivity contribution in [1.29, 1.82) is 0 Å². The zero-order valence-corrected chi connectivity index (χ0v) is 15.4. The van der Waals surface area contributed by atoms with Crippen molar-refractivity contribution in [3.05, 3.63) is 46.7 Å². The Kier molecular flexibility index (Phi) is 5.63. The lowest BCUT2D eigenvalue weighted by molar-refractivity contribution is 0.0916. The fraction of sp³-hybridized carbons (Fsp3) is 0.474. The van der Waals surface area contributed by atoms with Gasteiger partial charge in [-0.2, -0.15) is 5.10 Å². The second-order valence-corrected chi connectivity index (χ2v) is 7.26. The van der Waals surface area contributed by atoms with E-state index in [9.17, 15) is 4.79 Å². The molecule has 134 valence electrons. The van der Waals surface area contributed by atoms with Crippen LogP contribution in [0.1, 0.15) is 48.7 Å². The Morgan fingerprint density at radius 3 is 2.80 bits per heavy atom.